The molecule has 2 nitrogen and oxygen atoms in total. The zero-order chi connectivity index (χ0) is 13.7. The largest absolute Gasteiger partial charge is 0.392 e. The molecule has 1 saturated carbocycles. The van der Waals surface area contributed by atoms with Crippen molar-refractivity contribution in [3.63, 3.8) is 0 Å². The summed E-state index contributed by atoms with van der Waals surface area (Å²) in [6, 6.07) is 7.63. The van der Waals surface area contributed by atoms with Gasteiger partial charge < -0.3 is 5.11 Å². The molecule has 1 atom stereocenters. The van der Waals surface area contributed by atoms with E-state index in [0.717, 1.165) is 28.6 Å². The van der Waals surface area contributed by atoms with Crippen LogP contribution >= 0.6 is 11.8 Å². The number of aliphatic hydroxyl groups excluding tert-OH is 1. The van der Waals surface area contributed by atoms with E-state index in [0.29, 0.717) is 0 Å². The minimum Gasteiger partial charge on any atom is -0.392 e. The summed E-state index contributed by atoms with van der Waals surface area (Å²) in [4.78, 5) is 12.3. The van der Waals surface area contributed by atoms with Gasteiger partial charge in [0.1, 0.15) is 0 Å². The zero-order valence-electron chi connectivity index (χ0n) is 11.5. The molecule has 2 rings (SSSR count). The smallest absolute Gasteiger partial charge is 0.159 e. The average Bonchev–Trinajstić information content (AvgIpc) is 2.89. The van der Waals surface area contributed by atoms with Gasteiger partial charge in [0.25, 0.3) is 0 Å². The van der Waals surface area contributed by atoms with Crippen molar-refractivity contribution in [2.24, 2.45) is 5.92 Å². The molecular weight excluding hydrogens is 256 g/mol. The van der Waals surface area contributed by atoms with Crippen LogP contribution in [0.5, 0.6) is 0 Å². The molecule has 1 fully saturated rings. The predicted molar refractivity (Wildman–Crippen MR) is 79.8 cm³/mol. The Bertz CT molecular complexity index is 407. The van der Waals surface area contributed by atoms with Gasteiger partial charge in [0.2, 0.25) is 0 Å². The van der Waals surface area contributed by atoms with Crippen LogP contribution in [-0.4, -0.2) is 22.7 Å². The van der Waals surface area contributed by atoms with Crippen LogP contribution in [0.4, 0.5) is 0 Å². The lowest BCUT2D eigenvalue weighted by Gasteiger charge is -2.14. The lowest BCUT2D eigenvalue weighted by atomic mass is 10.0. The molecular formula is C16H22O2S. The van der Waals surface area contributed by atoms with Crippen molar-refractivity contribution < 1.29 is 9.90 Å². The Morgan fingerprint density at radius 2 is 1.95 bits per heavy atom. The Morgan fingerprint density at radius 3 is 2.53 bits per heavy atom. The normalized spacial score (nSPS) is 17.6. The van der Waals surface area contributed by atoms with E-state index in [1.165, 1.54) is 25.7 Å². The number of ketones is 1. The molecule has 1 aliphatic rings. The van der Waals surface area contributed by atoms with Crippen molar-refractivity contribution in [2.75, 3.05) is 5.75 Å². The second-order valence-corrected chi connectivity index (χ2v) is 6.52. The Kier molecular flexibility index (Phi) is 5.46. The molecule has 0 amide bonds. The molecule has 1 aromatic carbocycles. The van der Waals surface area contributed by atoms with Crippen molar-refractivity contribution in [1.29, 1.82) is 0 Å². The number of thioether (sulfide) groups is 1. The number of benzene rings is 1. The summed E-state index contributed by atoms with van der Waals surface area (Å²) < 4.78 is 0. The molecule has 1 unspecified atom stereocenters. The van der Waals surface area contributed by atoms with E-state index in [9.17, 15) is 9.90 Å². The summed E-state index contributed by atoms with van der Waals surface area (Å²) in [6.07, 6.45) is 5.97. The highest BCUT2D eigenvalue weighted by atomic mass is 32.2. The highest BCUT2D eigenvalue weighted by Crippen LogP contribution is 2.30. The van der Waals surface area contributed by atoms with Crippen LogP contribution in [0.1, 0.15) is 49.4 Å². The SMILES string of the molecule is CC(=O)c1ccc(SCC(O)CC2CCCC2)cc1. The lowest BCUT2D eigenvalue weighted by molar-refractivity contribution is 0.101. The Morgan fingerprint density at radius 1 is 1.32 bits per heavy atom. The summed E-state index contributed by atoms with van der Waals surface area (Å²) in [5, 5.41) is 10.0. The monoisotopic (exact) mass is 278 g/mol. The van der Waals surface area contributed by atoms with Gasteiger partial charge in [0, 0.05) is 16.2 Å². The molecule has 0 radical (unpaired) electrons. The van der Waals surface area contributed by atoms with E-state index in [2.05, 4.69) is 0 Å². The van der Waals surface area contributed by atoms with Gasteiger partial charge in [-0.1, -0.05) is 37.8 Å². The summed E-state index contributed by atoms with van der Waals surface area (Å²) >= 11 is 1.67. The van der Waals surface area contributed by atoms with E-state index in [1.54, 1.807) is 18.7 Å². The first-order chi connectivity index (χ1) is 9.15. The van der Waals surface area contributed by atoms with Gasteiger partial charge in [-0.05, 0) is 31.4 Å². The lowest BCUT2D eigenvalue weighted by Crippen LogP contribution is -2.14. The Balaban J connectivity index is 1.76. The van der Waals surface area contributed by atoms with Gasteiger partial charge >= 0.3 is 0 Å². The molecule has 3 heteroatoms. The topological polar surface area (TPSA) is 37.3 Å². The second kappa shape index (κ2) is 7.11. The van der Waals surface area contributed by atoms with Crippen LogP contribution in [-0.2, 0) is 0 Å². The van der Waals surface area contributed by atoms with Gasteiger partial charge in [0.05, 0.1) is 6.10 Å². The molecule has 0 saturated heterocycles. The molecule has 0 aromatic heterocycles. The summed E-state index contributed by atoms with van der Waals surface area (Å²) in [6.45, 7) is 1.58. The van der Waals surface area contributed by atoms with Crippen molar-refractivity contribution in [2.45, 2.75) is 50.0 Å². The van der Waals surface area contributed by atoms with Gasteiger partial charge in [0.15, 0.2) is 5.78 Å². The molecule has 0 spiro atoms. The van der Waals surface area contributed by atoms with Gasteiger partial charge in [-0.2, -0.15) is 0 Å². The number of Topliss-reactive ketones (excluding diaryl/α,β-unsaturated/α-hetero) is 1. The number of aliphatic hydroxyl groups is 1. The fraction of sp³-hybridized carbons (Fsp3) is 0.562. The third-order valence-corrected chi connectivity index (χ3v) is 4.94. The van der Waals surface area contributed by atoms with E-state index < -0.39 is 0 Å². The maximum Gasteiger partial charge on any atom is 0.159 e. The highest BCUT2D eigenvalue weighted by molar-refractivity contribution is 7.99. The van der Waals surface area contributed by atoms with E-state index >= 15 is 0 Å². The Labute approximate surface area is 119 Å². The first-order valence-electron chi connectivity index (χ1n) is 7.07. The zero-order valence-corrected chi connectivity index (χ0v) is 12.3. The summed E-state index contributed by atoms with van der Waals surface area (Å²) in [5.41, 5.74) is 0.746. The highest BCUT2D eigenvalue weighted by Gasteiger charge is 2.18. The fourth-order valence-corrected chi connectivity index (χ4v) is 3.53. The summed E-state index contributed by atoms with van der Waals surface area (Å²) in [7, 11) is 0. The minimum atomic E-state index is -0.208. The van der Waals surface area contributed by atoms with Gasteiger partial charge in [-0.3, -0.25) is 4.79 Å². The number of carbonyl (C=O) groups is 1. The first-order valence-corrected chi connectivity index (χ1v) is 8.05. The molecule has 1 N–H and O–H groups in total. The van der Waals surface area contributed by atoms with Crippen molar-refractivity contribution in [3.8, 4) is 0 Å². The predicted octanol–water partition coefficient (Wildman–Crippen LogP) is 3.92. The van der Waals surface area contributed by atoms with Crippen LogP contribution in [0.25, 0.3) is 0 Å². The number of rotatable bonds is 6. The van der Waals surface area contributed by atoms with E-state index in [-0.39, 0.29) is 11.9 Å². The Hall–Kier alpha value is -0.800. The number of carbonyl (C=O) groups excluding carboxylic acids is 1. The van der Waals surface area contributed by atoms with Gasteiger partial charge in [-0.15, -0.1) is 11.8 Å². The van der Waals surface area contributed by atoms with E-state index in [1.807, 2.05) is 24.3 Å². The molecule has 19 heavy (non-hydrogen) atoms. The van der Waals surface area contributed by atoms with Crippen molar-refractivity contribution in [1.82, 2.24) is 0 Å². The molecule has 0 heterocycles. The third-order valence-electron chi connectivity index (χ3n) is 3.78. The van der Waals surface area contributed by atoms with Crippen LogP contribution in [0.15, 0.2) is 29.2 Å². The third kappa shape index (κ3) is 4.66. The number of hydrogen-bond donors (Lipinski definition) is 1. The second-order valence-electron chi connectivity index (χ2n) is 5.43. The molecule has 1 aliphatic carbocycles. The van der Waals surface area contributed by atoms with Crippen molar-refractivity contribution in [3.05, 3.63) is 29.8 Å². The van der Waals surface area contributed by atoms with Crippen LogP contribution in [0.3, 0.4) is 0 Å². The standard InChI is InChI=1S/C16H22O2S/c1-12(17)14-6-8-16(9-7-14)19-11-15(18)10-13-4-2-3-5-13/h6-9,13,15,18H,2-5,10-11H2,1H3. The van der Waals surface area contributed by atoms with Crippen LogP contribution in [0, 0.1) is 5.92 Å². The first kappa shape index (κ1) is 14.6. The van der Waals surface area contributed by atoms with Crippen LogP contribution in [0.2, 0.25) is 0 Å². The van der Waals surface area contributed by atoms with Crippen molar-refractivity contribution >= 4 is 17.5 Å². The average molecular weight is 278 g/mol. The number of hydrogen-bond acceptors (Lipinski definition) is 3. The minimum absolute atomic E-state index is 0.0952. The molecule has 0 bridgehead atoms. The molecule has 1 aromatic rings. The molecule has 0 aliphatic heterocycles. The summed E-state index contributed by atoms with van der Waals surface area (Å²) in [5.74, 6) is 1.57. The van der Waals surface area contributed by atoms with Gasteiger partial charge in [-0.25, -0.2) is 0 Å². The maximum absolute atomic E-state index is 11.2. The quantitative estimate of drug-likeness (QED) is 0.633. The van der Waals surface area contributed by atoms with E-state index in [4.69, 9.17) is 0 Å². The molecule has 104 valence electrons. The maximum atomic E-state index is 11.2. The fourth-order valence-electron chi connectivity index (χ4n) is 2.68. The van der Waals surface area contributed by atoms with Crippen LogP contribution < -0.4 is 0 Å².